The number of nitrogens with one attached hydrogen (secondary N) is 2. The van der Waals surface area contributed by atoms with Crippen LogP contribution in [0.15, 0.2) is 6.33 Å². The molecule has 0 unspecified atom stereocenters. The molecule has 2 N–H and O–H groups in total. The molecule has 2 heterocycles. The molecule has 0 radical (unpaired) electrons. The summed E-state index contributed by atoms with van der Waals surface area (Å²) in [6, 6.07) is 0.666. The van der Waals surface area contributed by atoms with Crippen LogP contribution in [-0.2, 0) is 13.1 Å². The van der Waals surface area contributed by atoms with Gasteiger partial charge in [-0.15, -0.1) is 0 Å². The number of hydrogen-bond donors (Lipinski definition) is 2. The summed E-state index contributed by atoms with van der Waals surface area (Å²) in [4.78, 5) is 8.50. The van der Waals surface area contributed by atoms with E-state index in [1.54, 1.807) is 6.33 Å². The molecule has 2 aliphatic rings. The van der Waals surface area contributed by atoms with Crippen molar-refractivity contribution < 1.29 is 0 Å². The van der Waals surface area contributed by atoms with Crippen molar-refractivity contribution >= 4 is 5.82 Å². The molecule has 4 heteroatoms. The van der Waals surface area contributed by atoms with Crippen LogP contribution in [0.5, 0.6) is 0 Å². The molecule has 1 saturated carbocycles. The molecule has 68 valence electrons. The van der Waals surface area contributed by atoms with Crippen LogP contribution >= 0.6 is 0 Å². The maximum absolute atomic E-state index is 4.27. The normalized spacial score (nSPS) is 20.0. The lowest BCUT2D eigenvalue weighted by Crippen LogP contribution is -2.07. The van der Waals surface area contributed by atoms with Crippen molar-refractivity contribution in [1.82, 2.24) is 15.3 Å². The molecule has 0 bridgehead atoms. The Balaban J connectivity index is 1.94. The van der Waals surface area contributed by atoms with Crippen molar-refractivity contribution in [3.05, 3.63) is 17.6 Å². The van der Waals surface area contributed by atoms with Gasteiger partial charge in [0.1, 0.15) is 12.1 Å². The highest BCUT2D eigenvalue weighted by molar-refractivity contribution is 5.48. The fraction of sp³-hybridized carbons (Fsp3) is 0.556. The number of nitrogens with zero attached hydrogens (tertiary/aromatic N) is 2. The first-order valence-electron chi connectivity index (χ1n) is 4.73. The summed E-state index contributed by atoms with van der Waals surface area (Å²) in [5.74, 6) is 1.04. The lowest BCUT2D eigenvalue weighted by Gasteiger charge is -2.06. The molecule has 4 nitrogen and oxygen atoms in total. The lowest BCUT2D eigenvalue weighted by atomic mass is 10.2. The van der Waals surface area contributed by atoms with Gasteiger partial charge in [0.25, 0.3) is 0 Å². The highest BCUT2D eigenvalue weighted by atomic mass is 15.1. The molecule has 0 amide bonds. The number of rotatable bonds is 2. The molecule has 13 heavy (non-hydrogen) atoms. The lowest BCUT2D eigenvalue weighted by molar-refractivity contribution is 0.757. The average molecular weight is 176 g/mol. The second-order valence-corrected chi connectivity index (χ2v) is 3.67. The Kier molecular flexibility index (Phi) is 1.49. The molecule has 1 aliphatic heterocycles. The Morgan fingerprint density at radius 2 is 2.23 bits per heavy atom. The van der Waals surface area contributed by atoms with E-state index in [2.05, 4.69) is 20.6 Å². The third-order valence-corrected chi connectivity index (χ3v) is 2.55. The number of aromatic nitrogens is 2. The second-order valence-electron chi connectivity index (χ2n) is 3.67. The third kappa shape index (κ3) is 1.27. The van der Waals surface area contributed by atoms with Crippen LogP contribution in [0.25, 0.3) is 0 Å². The Morgan fingerprint density at radius 1 is 1.31 bits per heavy atom. The van der Waals surface area contributed by atoms with Crippen molar-refractivity contribution in [3.63, 3.8) is 0 Å². The highest BCUT2D eigenvalue weighted by Crippen LogP contribution is 2.27. The van der Waals surface area contributed by atoms with Crippen molar-refractivity contribution in [2.75, 3.05) is 5.32 Å². The number of anilines is 1. The zero-order valence-electron chi connectivity index (χ0n) is 7.38. The zero-order chi connectivity index (χ0) is 8.67. The third-order valence-electron chi connectivity index (χ3n) is 2.55. The van der Waals surface area contributed by atoms with E-state index in [4.69, 9.17) is 0 Å². The Morgan fingerprint density at radius 3 is 3.08 bits per heavy atom. The zero-order valence-corrected chi connectivity index (χ0v) is 7.38. The molecule has 1 fully saturated rings. The van der Waals surface area contributed by atoms with Gasteiger partial charge in [-0.25, -0.2) is 9.97 Å². The smallest absolute Gasteiger partial charge is 0.134 e. The molecule has 0 spiro atoms. The van der Waals surface area contributed by atoms with Crippen molar-refractivity contribution in [2.24, 2.45) is 0 Å². The molecular formula is C9H12N4. The van der Waals surface area contributed by atoms with Gasteiger partial charge >= 0.3 is 0 Å². The Labute approximate surface area is 76.8 Å². The summed E-state index contributed by atoms with van der Waals surface area (Å²) < 4.78 is 0. The molecular weight excluding hydrogens is 164 g/mol. The summed E-state index contributed by atoms with van der Waals surface area (Å²) in [6.45, 7) is 1.79. The van der Waals surface area contributed by atoms with Gasteiger partial charge in [0.05, 0.1) is 5.69 Å². The van der Waals surface area contributed by atoms with E-state index < -0.39 is 0 Å². The minimum Gasteiger partial charge on any atom is -0.367 e. The first-order chi connectivity index (χ1) is 6.43. The van der Waals surface area contributed by atoms with Crippen LogP contribution in [0.4, 0.5) is 5.82 Å². The maximum atomic E-state index is 4.27. The minimum atomic E-state index is 0.666. The summed E-state index contributed by atoms with van der Waals surface area (Å²) in [5.41, 5.74) is 2.41. The van der Waals surface area contributed by atoms with E-state index in [9.17, 15) is 0 Å². The van der Waals surface area contributed by atoms with Gasteiger partial charge in [-0.1, -0.05) is 0 Å². The average Bonchev–Trinajstić information content (AvgIpc) is 2.83. The fourth-order valence-corrected chi connectivity index (χ4v) is 1.64. The van der Waals surface area contributed by atoms with E-state index in [1.165, 1.54) is 18.4 Å². The Bertz CT molecular complexity index is 332. The summed E-state index contributed by atoms with van der Waals surface area (Å²) >= 11 is 0. The summed E-state index contributed by atoms with van der Waals surface area (Å²) in [5, 5.41) is 6.70. The van der Waals surface area contributed by atoms with Crippen LogP contribution in [0.3, 0.4) is 0 Å². The van der Waals surface area contributed by atoms with Gasteiger partial charge in [-0.2, -0.15) is 0 Å². The topological polar surface area (TPSA) is 49.8 Å². The maximum Gasteiger partial charge on any atom is 0.134 e. The molecule has 1 aliphatic carbocycles. The van der Waals surface area contributed by atoms with E-state index in [0.29, 0.717) is 6.04 Å². The molecule has 0 saturated heterocycles. The molecule has 3 rings (SSSR count). The SMILES string of the molecule is c1nc2c(c(NC3CC3)n1)CNC2. The van der Waals surface area contributed by atoms with Crippen LogP contribution in [-0.4, -0.2) is 16.0 Å². The second kappa shape index (κ2) is 2.67. The highest BCUT2D eigenvalue weighted by Gasteiger charge is 2.24. The van der Waals surface area contributed by atoms with Crippen LogP contribution in [0.2, 0.25) is 0 Å². The van der Waals surface area contributed by atoms with E-state index in [1.807, 2.05) is 0 Å². The predicted molar refractivity (Wildman–Crippen MR) is 49.2 cm³/mol. The van der Waals surface area contributed by atoms with Crippen molar-refractivity contribution in [3.8, 4) is 0 Å². The first kappa shape index (κ1) is 7.26. The van der Waals surface area contributed by atoms with Crippen LogP contribution in [0, 0.1) is 0 Å². The van der Waals surface area contributed by atoms with Gasteiger partial charge in [0.2, 0.25) is 0 Å². The van der Waals surface area contributed by atoms with Gasteiger partial charge in [0, 0.05) is 24.7 Å². The van der Waals surface area contributed by atoms with Gasteiger partial charge in [-0.3, -0.25) is 0 Å². The molecule has 0 atom stereocenters. The largest absolute Gasteiger partial charge is 0.367 e. The Hall–Kier alpha value is -1.16. The first-order valence-corrected chi connectivity index (χ1v) is 4.73. The van der Waals surface area contributed by atoms with Crippen molar-refractivity contribution in [1.29, 1.82) is 0 Å². The molecule has 1 aromatic heterocycles. The van der Waals surface area contributed by atoms with Crippen molar-refractivity contribution in [2.45, 2.75) is 32.0 Å². The molecule has 0 aromatic carbocycles. The minimum absolute atomic E-state index is 0.666. The van der Waals surface area contributed by atoms with Gasteiger partial charge in [-0.05, 0) is 12.8 Å². The van der Waals surface area contributed by atoms with Gasteiger partial charge in [0.15, 0.2) is 0 Å². The monoisotopic (exact) mass is 176 g/mol. The van der Waals surface area contributed by atoms with E-state index in [-0.39, 0.29) is 0 Å². The number of hydrogen-bond acceptors (Lipinski definition) is 4. The quantitative estimate of drug-likeness (QED) is 0.694. The van der Waals surface area contributed by atoms with Crippen LogP contribution in [0.1, 0.15) is 24.1 Å². The van der Waals surface area contributed by atoms with E-state index in [0.717, 1.165) is 24.6 Å². The standard InChI is InChI=1S/C9H12N4/c1-2-6(1)13-9-7-3-10-4-8(7)11-5-12-9/h5-6,10H,1-4H2,(H,11,12,13). The summed E-state index contributed by atoms with van der Waals surface area (Å²) in [7, 11) is 0. The predicted octanol–water partition coefficient (Wildman–Crippen LogP) is 0.654. The fourth-order valence-electron chi connectivity index (χ4n) is 1.64. The summed E-state index contributed by atoms with van der Waals surface area (Å²) in [6.07, 6.45) is 4.22. The van der Waals surface area contributed by atoms with E-state index >= 15 is 0 Å². The molecule has 1 aromatic rings. The van der Waals surface area contributed by atoms with Gasteiger partial charge < -0.3 is 10.6 Å². The number of fused-ring (bicyclic) bond motifs is 1. The van der Waals surface area contributed by atoms with Crippen LogP contribution < -0.4 is 10.6 Å².